The number of rotatable bonds is 6. The first-order valence-electron chi connectivity index (χ1n) is 12.1. The molecule has 0 saturated carbocycles. The van der Waals surface area contributed by atoms with E-state index in [1.54, 1.807) is 0 Å². The van der Waals surface area contributed by atoms with Gasteiger partial charge in [0.05, 0.1) is 6.04 Å². The van der Waals surface area contributed by atoms with E-state index in [1.165, 1.54) is 27.3 Å². The summed E-state index contributed by atoms with van der Waals surface area (Å²) >= 11 is 0. The van der Waals surface area contributed by atoms with Crippen LogP contribution in [0.1, 0.15) is 23.2 Å². The van der Waals surface area contributed by atoms with E-state index in [2.05, 4.69) is 145 Å². The van der Waals surface area contributed by atoms with E-state index in [4.69, 9.17) is 4.99 Å². The van der Waals surface area contributed by atoms with Crippen molar-refractivity contribution in [3.63, 3.8) is 0 Å². The van der Waals surface area contributed by atoms with E-state index < -0.39 is 7.92 Å². The molecule has 1 aliphatic heterocycles. The SMILES string of the molecule is C1=C[C@H](P(c2ccccc2)c2ccccc2)C(C2=N[C@H](c3ccccc3)[C@@H](c3ccccc3)N2)=C1. The second kappa shape index (κ2) is 9.86. The Kier molecular flexibility index (Phi) is 6.13. The van der Waals surface area contributed by atoms with E-state index in [9.17, 15) is 0 Å². The van der Waals surface area contributed by atoms with Crippen molar-refractivity contribution in [2.75, 3.05) is 0 Å². The molecule has 0 radical (unpaired) electrons. The van der Waals surface area contributed by atoms with Crippen LogP contribution in [0.3, 0.4) is 0 Å². The van der Waals surface area contributed by atoms with Crippen molar-refractivity contribution in [1.82, 2.24) is 5.32 Å². The number of benzene rings is 4. The number of hydrogen-bond acceptors (Lipinski definition) is 2. The Bertz CT molecular complexity index is 1320. The second-order valence-corrected chi connectivity index (χ2v) is 11.2. The number of allylic oxidation sites excluding steroid dienone is 3. The average Bonchev–Trinajstić information content (AvgIpc) is 3.59. The Balaban J connectivity index is 1.39. The Hall–Kier alpha value is -3.74. The van der Waals surface area contributed by atoms with E-state index >= 15 is 0 Å². The molecular weight excluding hydrogens is 443 g/mol. The molecule has 3 heteroatoms. The van der Waals surface area contributed by atoms with Crippen LogP contribution in [0.4, 0.5) is 0 Å². The predicted octanol–water partition coefficient (Wildman–Crippen LogP) is 6.47. The van der Waals surface area contributed by atoms with Crippen LogP contribution in [0.5, 0.6) is 0 Å². The summed E-state index contributed by atoms with van der Waals surface area (Å²) in [4.78, 5) is 5.33. The first-order valence-corrected chi connectivity index (χ1v) is 13.5. The summed E-state index contributed by atoms with van der Waals surface area (Å²) in [5.74, 6) is 1.02. The zero-order chi connectivity index (χ0) is 23.5. The first kappa shape index (κ1) is 21.8. The van der Waals surface area contributed by atoms with E-state index in [0.717, 1.165) is 5.84 Å². The summed E-state index contributed by atoms with van der Waals surface area (Å²) in [5.41, 5.74) is 4.05. The predicted molar refractivity (Wildman–Crippen MR) is 149 cm³/mol. The lowest BCUT2D eigenvalue weighted by atomic mass is 9.95. The minimum Gasteiger partial charge on any atom is -0.361 e. The molecule has 3 atom stereocenters. The molecule has 1 aliphatic carbocycles. The van der Waals surface area contributed by atoms with Gasteiger partial charge < -0.3 is 5.32 Å². The smallest absolute Gasteiger partial charge is 0.126 e. The zero-order valence-electron chi connectivity index (χ0n) is 19.4. The number of hydrogen-bond donors (Lipinski definition) is 1. The van der Waals surface area contributed by atoms with Gasteiger partial charge in [0.2, 0.25) is 0 Å². The molecule has 0 bridgehead atoms. The van der Waals surface area contributed by atoms with Crippen molar-refractivity contribution in [1.29, 1.82) is 0 Å². The maximum Gasteiger partial charge on any atom is 0.126 e. The van der Waals surface area contributed by atoms with Gasteiger partial charge in [-0.2, -0.15) is 0 Å². The van der Waals surface area contributed by atoms with Crippen molar-refractivity contribution in [3.8, 4) is 0 Å². The highest BCUT2D eigenvalue weighted by Gasteiger charge is 2.37. The minimum atomic E-state index is -0.620. The fourth-order valence-electron chi connectivity index (χ4n) is 5.04. The van der Waals surface area contributed by atoms with Crippen molar-refractivity contribution < 1.29 is 0 Å². The molecule has 170 valence electrons. The van der Waals surface area contributed by atoms with Crippen LogP contribution in [-0.2, 0) is 0 Å². The summed E-state index contributed by atoms with van der Waals surface area (Å²) in [6.07, 6.45) is 6.82. The lowest BCUT2D eigenvalue weighted by molar-refractivity contribution is 0.572. The third-order valence-corrected chi connectivity index (χ3v) is 9.40. The minimum absolute atomic E-state index is 0.0374. The Labute approximate surface area is 208 Å². The highest BCUT2D eigenvalue weighted by atomic mass is 31.1. The van der Waals surface area contributed by atoms with Gasteiger partial charge in [0.25, 0.3) is 0 Å². The standard InChI is InChI=1S/C32H27N2P/c1-5-14-24(15-6-1)30-31(25-16-7-2-8-17-25)34-32(33-30)28-22-13-23-29(28)35(26-18-9-3-10-19-26)27-20-11-4-12-21-27/h1-23,29-31H,(H,33,34)/t29-,30+,31+/m0/s1. The quantitative estimate of drug-likeness (QED) is 0.321. The third kappa shape index (κ3) is 4.38. The van der Waals surface area contributed by atoms with E-state index in [0.29, 0.717) is 0 Å². The van der Waals surface area contributed by atoms with Gasteiger partial charge in [-0.1, -0.05) is 140 Å². The normalized spacial score (nSPS) is 21.0. The molecule has 0 fully saturated rings. The van der Waals surface area contributed by atoms with Gasteiger partial charge in [-0.15, -0.1) is 0 Å². The van der Waals surface area contributed by atoms with Gasteiger partial charge in [0, 0.05) is 11.2 Å². The molecule has 0 saturated heterocycles. The van der Waals surface area contributed by atoms with Crippen LogP contribution in [-0.4, -0.2) is 11.5 Å². The average molecular weight is 471 g/mol. The first-order chi connectivity index (χ1) is 17.4. The van der Waals surface area contributed by atoms with Crippen LogP contribution < -0.4 is 15.9 Å². The van der Waals surface area contributed by atoms with Gasteiger partial charge in [-0.25, -0.2) is 0 Å². The van der Waals surface area contributed by atoms with Crippen LogP contribution in [0.15, 0.2) is 150 Å². The topological polar surface area (TPSA) is 24.4 Å². The number of nitrogens with one attached hydrogen (secondary N) is 1. The summed E-state index contributed by atoms with van der Waals surface area (Å²) in [7, 11) is -0.620. The van der Waals surface area contributed by atoms with Crippen molar-refractivity contribution in [2.45, 2.75) is 17.7 Å². The Morgan fingerprint density at radius 3 is 1.69 bits per heavy atom. The van der Waals surface area contributed by atoms with Gasteiger partial charge in [0.15, 0.2) is 0 Å². The highest BCUT2D eigenvalue weighted by molar-refractivity contribution is 7.74. The van der Waals surface area contributed by atoms with Crippen LogP contribution in [0.2, 0.25) is 0 Å². The van der Waals surface area contributed by atoms with Crippen LogP contribution in [0, 0.1) is 0 Å². The molecule has 2 aliphatic rings. The third-order valence-electron chi connectivity index (χ3n) is 6.68. The molecule has 35 heavy (non-hydrogen) atoms. The van der Waals surface area contributed by atoms with Crippen molar-refractivity contribution in [3.05, 3.63) is 156 Å². The highest BCUT2D eigenvalue weighted by Crippen LogP contribution is 2.47. The molecular formula is C32H27N2P. The molecule has 1 heterocycles. The zero-order valence-corrected chi connectivity index (χ0v) is 20.3. The van der Waals surface area contributed by atoms with Gasteiger partial charge in [0.1, 0.15) is 11.9 Å². The Morgan fingerprint density at radius 2 is 1.11 bits per heavy atom. The lowest BCUT2D eigenvalue weighted by Crippen LogP contribution is -2.30. The van der Waals surface area contributed by atoms with E-state index in [1.807, 2.05) is 0 Å². The van der Waals surface area contributed by atoms with Crippen LogP contribution in [0.25, 0.3) is 0 Å². The molecule has 4 aromatic carbocycles. The second-order valence-electron chi connectivity index (χ2n) is 8.86. The molecule has 0 aromatic heterocycles. The van der Waals surface area contributed by atoms with Crippen LogP contribution >= 0.6 is 7.92 Å². The van der Waals surface area contributed by atoms with Crippen molar-refractivity contribution in [2.24, 2.45) is 4.99 Å². The van der Waals surface area contributed by atoms with Gasteiger partial charge in [-0.05, 0) is 29.7 Å². The Morgan fingerprint density at radius 1 is 0.600 bits per heavy atom. The maximum atomic E-state index is 5.33. The van der Waals surface area contributed by atoms with Gasteiger partial charge >= 0.3 is 0 Å². The summed E-state index contributed by atoms with van der Waals surface area (Å²) in [5, 5.41) is 6.60. The largest absolute Gasteiger partial charge is 0.361 e. The fourth-order valence-corrected chi connectivity index (χ4v) is 7.72. The monoisotopic (exact) mass is 470 g/mol. The fraction of sp³-hybridized carbons (Fsp3) is 0.0938. The molecule has 0 spiro atoms. The molecule has 1 N–H and O–H groups in total. The number of aliphatic imine (C=N–C) groups is 1. The van der Waals surface area contributed by atoms with Gasteiger partial charge in [-0.3, -0.25) is 4.99 Å². The lowest BCUT2D eigenvalue weighted by Gasteiger charge is -2.27. The number of nitrogens with zero attached hydrogens (tertiary/aromatic N) is 1. The summed E-state index contributed by atoms with van der Waals surface area (Å²) in [6, 6.07) is 43.4. The molecule has 4 aromatic rings. The number of amidine groups is 1. The van der Waals surface area contributed by atoms with E-state index in [-0.39, 0.29) is 17.7 Å². The molecule has 0 unspecified atom stereocenters. The maximum absolute atomic E-state index is 5.33. The summed E-state index contributed by atoms with van der Waals surface area (Å²) < 4.78 is 0. The molecule has 2 nitrogen and oxygen atoms in total. The van der Waals surface area contributed by atoms with Crippen molar-refractivity contribution >= 4 is 24.4 Å². The molecule has 0 amide bonds. The molecule has 6 rings (SSSR count). The summed E-state index contributed by atoms with van der Waals surface area (Å²) in [6.45, 7) is 0.